The van der Waals surface area contributed by atoms with Crippen LogP contribution >= 0.6 is 11.6 Å². The smallest absolute Gasteiger partial charge is 0.284 e. The van der Waals surface area contributed by atoms with E-state index in [9.17, 15) is 4.79 Å². The number of hydrogen-bond acceptors (Lipinski definition) is 4. The largest absolute Gasteiger partial charge is 0.485 e. The second-order valence-corrected chi connectivity index (χ2v) is 5.48. The van der Waals surface area contributed by atoms with Crippen LogP contribution < -0.4 is 14.9 Å². The zero-order chi connectivity index (χ0) is 16.2. The van der Waals surface area contributed by atoms with Crippen molar-refractivity contribution >= 4 is 23.2 Å². The quantitative estimate of drug-likeness (QED) is 0.695. The predicted octanol–water partition coefficient (Wildman–Crippen LogP) is 3.02. The van der Waals surface area contributed by atoms with E-state index < -0.39 is 6.10 Å². The van der Waals surface area contributed by atoms with E-state index in [1.165, 1.54) is 0 Å². The Morgan fingerprint density at radius 3 is 2.78 bits per heavy atom. The Morgan fingerprint density at radius 1 is 1.22 bits per heavy atom. The molecule has 1 amide bonds. The minimum Gasteiger partial charge on any atom is -0.485 e. The van der Waals surface area contributed by atoms with E-state index in [4.69, 9.17) is 21.1 Å². The maximum atomic E-state index is 12.2. The van der Waals surface area contributed by atoms with Gasteiger partial charge in [-0.15, -0.1) is 0 Å². The number of rotatable bonds is 3. The number of para-hydroxylation sites is 2. The molecule has 2 aromatic carbocycles. The van der Waals surface area contributed by atoms with E-state index in [1.54, 1.807) is 31.2 Å². The molecule has 1 aliphatic rings. The molecule has 1 N–H and O–H groups in total. The maximum absolute atomic E-state index is 12.2. The fraction of sp³-hybridized carbons (Fsp3) is 0.176. The van der Waals surface area contributed by atoms with Gasteiger partial charge in [0.2, 0.25) is 6.10 Å². The van der Waals surface area contributed by atoms with E-state index in [1.807, 2.05) is 24.3 Å². The standard InChI is InChI=1S/C17H15ClN2O3/c1-11(12-5-4-6-13(18)9-12)19-20-17(21)16-10-22-14-7-2-3-8-15(14)23-16/h2-9,16H,10H2,1H3,(H,20,21)/b19-11+. The lowest BCUT2D eigenvalue weighted by Gasteiger charge is -2.24. The van der Waals surface area contributed by atoms with Gasteiger partial charge >= 0.3 is 0 Å². The first kappa shape index (κ1) is 15.4. The molecular weight excluding hydrogens is 316 g/mol. The molecule has 0 fully saturated rings. The van der Waals surface area contributed by atoms with Crippen molar-refractivity contribution in [3.8, 4) is 11.5 Å². The third kappa shape index (κ3) is 3.63. The molecule has 0 saturated carbocycles. The van der Waals surface area contributed by atoms with Gasteiger partial charge in [0.05, 0.1) is 5.71 Å². The average Bonchev–Trinajstić information content (AvgIpc) is 2.59. The number of carbonyl (C=O) groups is 1. The van der Waals surface area contributed by atoms with Gasteiger partial charge in [0, 0.05) is 5.02 Å². The van der Waals surface area contributed by atoms with Crippen molar-refractivity contribution in [3.63, 3.8) is 0 Å². The molecule has 3 rings (SSSR count). The van der Waals surface area contributed by atoms with Gasteiger partial charge < -0.3 is 9.47 Å². The third-order valence-corrected chi connectivity index (χ3v) is 3.61. The molecule has 1 atom stereocenters. The van der Waals surface area contributed by atoms with Crippen molar-refractivity contribution < 1.29 is 14.3 Å². The Bertz CT molecular complexity index is 761. The highest BCUT2D eigenvalue weighted by Gasteiger charge is 2.27. The lowest BCUT2D eigenvalue weighted by Crippen LogP contribution is -2.42. The number of carbonyl (C=O) groups excluding carboxylic acids is 1. The lowest BCUT2D eigenvalue weighted by atomic mass is 10.1. The number of hydrogen-bond donors (Lipinski definition) is 1. The van der Waals surface area contributed by atoms with Crippen LogP contribution in [0.2, 0.25) is 5.02 Å². The van der Waals surface area contributed by atoms with Crippen LogP contribution in [-0.4, -0.2) is 24.3 Å². The number of amides is 1. The van der Waals surface area contributed by atoms with Crippen molar-refractivity contribution in [2.45, 2.75) is 13.0 Å². The first-order chi connectivity index (χ1) is 11.1. The zero-order valence-corrected chi connectivity index (χ0v) is 13.2. The number of benzene rings is 2. The second-order valence-electron chi connectivity index (χ2n) is 5.05. The van der Waals surface area contributed by atoms with Crippen molar-refractivity contribution in [2.24, 2.45) is 5.10 Å². The number of fused-ring (bicyclic) bond motifs is 1. The average molecular weight is 331 g/mol. The molecule has 23 heavy (non-hydrogen) atoms. The van der Waals surface area contributed by atoms with Crippen molar-refractivity contribution in [2.75, 3.05) is 6.61 Å². The summed E-state index contributed by atoms with van der Waals surface area (Å²) in [6.07, 6.45) is -0.735. The highest BCUT2D eigenvalue weighted by molar-refractivity contribution is 6.31. The topological polar surface area (TPSA) is 59.9 Å². The molecule has 2 aromatic rings. The normalized spacial score (nSPS) is 16.8. The number of nitrogens with zero attached hydrogens (tertiary/aromatic N) is 1. The molecule has 1 aliphatic heterocycles. The summed E-state index contributed by atoms with van der Waals surface area (Å²) in [6, 6.07) is 14.5. The molecular formula is C17H15ClN2O3. The van der Waals surface area contributed by atoms with Crippen molar-refractivity contribution in [1.29, 1.82) is 0 Å². The Kier molecular flexibility index (Phi) is 4.48. The molecule has 1 heterocycles. The van der Waals surface area contributed by atoms with Crippen molar-refractivity contribution in [3.05, 3.63) is 59.1 Å². The van der Waals surface area contributed by atoms with Crippen LogP contribution in [0.1, 0.15) is 12.5 Å². The monoisotopic (exact) mass is 330 g/mol. The highest BCUT2D eigenvalue weighted by Crippen LogP contribution is 2.30. The number of ether oxygens (including phenoxy) is 2. The summed E-state index contributed by atoms with van der Waals surface area (Å²) in [5.74, 6) is 0.825. The molecule has 5 nitrogen and oxygen atoms in total. The maximum Gasteiger partial charge on any atom is 0.284 e. The summed E-state index contributed by atoms with van der Waals surface area (Å²) in [5.41, 5.74) is 3.99. The van der Waals surface area contributed by atoms with Gasteiger partial charge in [0.15, 0.2) is 11.5 Å². The van der Waals surface area contributed by atoms with Gasteiger partial charge in [-0.25, -0.2) is 5.43 Å². The highest BCUT2D eigenvalue weighted by atomic mass is 35.5. The number of nitrogens with one attached hydrogen (secondary N) is 1. The van der Waals surface area contributed by atoms with Gasteiger partial charge in [0.1, 0.15) is 6.61 Å². The summed E-state index contributed by atoms with van der Waals surface area (Å²) in [4.78, 5) is 12.2. The summed E-state index contributed by atoms with van der Waals surface area (Å²) in [6.45, 7) is 1.94. The molecule has 0 aliphatic carbocycles. The zero-order valence-electron chi connectivity index (χ0n) is 12.5. The van der Waals surface area contributed by atoms with Crippen molar-refractivity contribution in [1.82, 2.24) is 5.43 Å². The summed E-state index contributed by atoms with van der Waals surface area (Å²) in [7, 11) is 0. The summed E-state index contributed by atoms with van der Waals surface area (Å²) in [5, 5.41) is 4.70. The van der Waals surface area contributed by atoms with Gasteiger partial charge in [-0.1, -0.05) is 35.9 Å². The minimum absolute atomic E-state index is 0.147. The lowest BCUT2D eigenvalue weighted by molar-refractivity contribution is -0.130. The van der Waals surface area contributed by atoms with E-state index >= 15 is 0 Å². The Balaban J connectivity index is 1.65. The van der Waals surface area contributed by atoms with E-state index in [2.05, 4.69) is 10.5 Å². The van der Waals surface area contributed by atoms with E-state index in [0.29, 0.717) is 22.2 Å². The summed E-state index contributed by atoms with van der Waals surface area (Å²) >= 11 is 5.94. The first-order valence-electron chi connectivity index (χ1n) is 7.12. The molecule has 118 valence electrons. The van der Waals surface area contributed by atoms with Crippen LogP contribution in [0.5, 0.6) is 11.5 Å². The second kappa shape index (κ2) is 6.71. The third-order valence-electron chi connectivity index (χ3n) is 3.38. The fourth-order valence-corrected chi connectivity index (χ4v) is 2.33. The molecule has 1 unspecified atom stereocenters. The SMILES string of the molecule is C/C(=N\NC(=O)C1COc2ccccc2O1)c1cccc(Cl)c1. The van der Waals surface area contributed by atoms with Gasteiger partial charge in [-0.05, 0) is 36.8 Å². The Labute approximate surface area is 138 Å². The van der Waals surface area contributed by atoms with E-state index in [0.717, 1.165) is 5.56 Å². The molecule has 6 heteroatoms. The van der Waals surface area contributed by atoms with Crippen LogP contribution in [0.15, 0.2) is 53.6 Å². The van der Waals surface area contributed by atoms with Crippen LogP contribution in [0.25, 0.3) is 0 Å². The van der Waals surface area contributed by atoms with Gasteiger partial charge in [0.25, 0.3) is 5.91 Å². The number of hydrazone groups is 1. The van der Waals surface area contributed by atoms with Crippen LogP contribution in [0, 0.1) is 0 Å². The van der Waals surface area contributed by atoms with Crippen LogP contribution in [-0.2, 0) is 4.79 Å². The molecule has 0 saturated heterocycles. The molecule has 0 aromatic heterocycles. The first-order valence-corrected chi connectivity index (χ1v) is 7.50. The number of halogens is 1. The molecule has 0 bridgehead atoms. The summed E-state index contributed by atoms with van der Waals surface area (Å²) < 4.78 is 11.1. The molecule has 0 radical (unpaired) electrons. The fourth-order valence-electron chi connectivity index (χ4n) is 2.14. The van der Waals surface area contributed by atoms with Gasteiger partial charge in [-0.3, -0.25) is 4.79 Å². The van der Waals surface area contributed by atoms with Gasteiger partial charge in [-0.2, -0.15) is 5.10 Å². The Hall–Kier alpha value is -2.53. The van der Waals surface area contributed by atoms with E-state index in [-0.39, 0.29) is 12.5 Å². The minimum atomic E-state index is -0.735. The van der Waals surface area contributed by atoms with Crippen LogP contribution in [0.3, 0.4) is 0 Å². The Morgan fingerprint density at radius 2 is 2.00 bits per heavy atom. The predicted molar refractivity (Wildman–Crippen MR) is 88.2 cm³/mol. The molecule has 0 spiro atoms. The van der Waals surface area contributed by atoms with Crippen LogP contribution in [0.4, 0.5) is 0 Å².